The lowest BCUT2D eigenvalue weighted by atomic mass is 9.64. The van der Waals surface area contributed by atoms with Crippen LogP contribution in [0.5, 0.6) is 0 Å². The van der Waals surface area contributed by atoms with E-state index in [1.165, 1.54) is 25.7 Å². The summed E-state index contributed by atoms with van der Waals surface area (Å²) in [7, 11) is 0. The van der Waals surface area contributed by atoms with Crippen LogP contribution in [0.25, 0.3) is 0 Å². The molecule has 1 aliphatic heterocycles. The van der Waals surface area contributed by atoms with Crippen molar-refractivity contribution in [3.8, 4) is 0 Å². The highest BCUT2D eigenvalue weighted by molar-refractivity contribution is 4.90. The van der Waals surface area contributed by atoms with Gasteiger partial charge in [-0.25, -0.2) is 0 Å². The predicted octanol–water partition coefficient (Wildman–Crippen LogP) is 3.07. The minimum atomic E-state index is -0.141. The fraction of sp³-hybridized carbons (Fsp3) is 0.867. The standard InChI is InChI=1S/C15H27NO2/c1-12-9-17-13(18-12)8-16-11-15(4)7-5-6-14(2,3)10-15/h13,16H,1,5-11H2,2-4H3. The molecule has 3 nitrogen and oxygen atoms in total. The van der Waals surface area contributed by atoms with Crippen molar-refractivity contribution < 1.29 is 9.47 Å². The number of nitrogens with one attached hydrogen (secondary N) is 1. The van der Waals surface area contributed by atoms with Crippen LogP contribution in [0.2, 0.25) is 0 Å². The third kappa shape index (κ3) is 3.72. The largest absolute Gasteiger partial charge is 0.466 e. The molecule has 0 aromatic carbocycles. The van der Waals surface area contributed by atoms with Crippen molar-refractivity contribution in [3.63, 3.8) is 0 Å². The monoisotopic (exact) mass is 253 g/mol. The van der Waals surface area contributed by atoms with Crippen molar-refractivity contribution in [1.29, 1.82) is 0 Å². The average Bonchev–Trinajstić information content (AvgIpc) is 2.62. The molecule has 0 aromatic rings. The van der Waals surface area contributed by atoms with Gasteiger partial charge in [-0.1, -0.05) is 33.8 Å². The molecular weight excluding hydrogens is 226 g/mol. The molecule has 2 rings (SSSR count). The Morgan fingerprint density at radius 1 is 1.33 bits per heavy atom. The van der Waals surface area contributed by atoms with Crippen LogP contribution in [0.4, 0.5) is 0 Å². The van der Waals surface area contributed by atoms with E-state index in [0.717, 1.165) is 18.8 Å². The van der Waals surface area contributed by atoms with E-state index in [9.17, 15) is 0 Å². The molecule has 2 aliphatic rings. The lowest BCUT2D eigenvalue weighted by Gasteiger charge is -2.43. The number of ether oxygens (including phenoxy) is 2. The van der Waals surface area contributed by atoms with Crippen molar-refractivity contribution in [1.82, 2.24) is 5.32 Å². The van der Waals surface area contributed by atoms with Gasteiger partial charge < -0.3 is 14.8 Å². The van der Waals surface area contributed by atoms with E-state index < -0.39 is 0 Å². The lowest BCUT2D eigenvalue weighted by molar-refractivity contribution is -0.0318. The lowest BCUT2D eigenvalue weighted by Crippen LogP contribution is -2.41. The highest BCUT2D eigenvalue weighted by Gasteiger charge is 2.36. The average molecular weight is 253 g/mol. The van der Waals surface area contributed by atoms with Crippen molar-refractivity contribution in [2.45, 2.75) is 52.7 Å². The Morgan fingerprint density at radius 2 is 2.11 bits per heavy atom. The molecule has 2 unspecified atom stereocenters. The minimum absolute atomic E-state index is 0.141. The quantitative estimate of drug-likeness (QED) is 0.835. The van der Waals surface area contributed by atoms with Gasteiger partial charge in [-0.3, -0.25) is 0 Å². The van der Waals surface area contributed by atoms with Gasteiger partial charge in [0.05, 0.1) is 6.54 Å². The second-order valence-corrected chi connectivity index (χ2v) is 7.03. The van der Waals surface area contributed by atoms with Crippen molar-refractivity contribution in [2.24, 2.45) is 10.8 Å². The first-order chi connectivity index (χ1) is 8.39. The molecule has 0 aromatic heterocycles. The molecule has 0 bridgehead atoms. The maximum atomic E-state index is 5.45. The fourth-order valence-corrected chi connectivity index (χ4v) is 3.51. The Kier molecular flexibility index (Phi) is 4.02. The van der Waals surface area contributed by atoms with Crippen LogP contribution in [0.3, 0.4) is 0 Å². The molecule has 0 amide bonds. The van der Waals surface area contributed by atoms with Crippen molar-refractivity contribution in [3.05, 3.63) is 12.3 Å². The fourth-order valence-electron chi connectivity index (χ4n) is 3.51. The Labute approximate surface area is 111 Å². The summed E-state index contributed by atoms with van der Waals surface area (Å²) in [5.41, 5.74) is 0.903. The SMILES string of the molecule is C=C1COC(CNCC2(C)CCCC(C)(C)C2)O1. The zero-order chi connectivity index (χ0) is 13.2. The summed E-state index contributed by atoms with van der Waals surface area (Å²) in [5, 5.41) is 3.50. The third-order valence-corrected chi connectivity index (χ3v) is 4.13. The molecule has 0 radical (unpaired) electrons. The van der Waals surface area contributed by atoms with Gasteiger partial charge in [-0.2, -0.15) is 0 Å². The smallest absolute Gasteiger partial charge is 0.212 e. The third-order valence-electron chi connectivity index (χ3n) is 4.13. The van der Waals surface area contributed by atoms with E-state index in [1.807, 2.05) is 0 Å². The zero-order valence-corrected chi connectivity index (χ0v) is 12.1. The van der Waals surface area contributed by atoms with E-state index in [4.69, 9.17) is 9.47 Å². The molecule has 2 fully saturated rings. The molecule has 2 atom stereocenters. The van der Waals surface area contributed by atoms with Crippen molar-refractivity contribution in [2.75, 3.05) is 19.7 Å². The first-order valence-electron chi connectivity index (χ1n) is 7.05. The summed E-state index contributed by atoms with van der Waals surface area (Å²) in [6.07, 6.45) is 5.18. The minimum Gasteiger partial charge on any atom is -0.466 e. The van der Waals surface area contributed by atoms with Crippen molar-refractivity contribution >= 4 is 0 Å². The Bertz CT molecular complexity index is 314. The van der Waals surface area contributed by atoms with Crippen LogP contribution < -0.4 is 5.32 Å². The topological polar surface area (TPSA) is 30.5 Å². The van der Waals surface area contributed by atoms with Gasteiger partial charge in [0.1, 0.15) is 12.4 Å². The van der Waals surface area contributed by atoms with E-state index in [-0.39, 0.29) is 6.29 Å². The second kappa shape index (κ2) is 5.22. The van der Waals surface area contributed by atoms with Gasteiger partial charge in [0.15, 0.2) is 0 Å². The molecule has 1 aliphatic carbocycles. The van der Waals surface area contributed by atoms with Gasteiger partial charge in [0.2, 0.25) is 6.29 Å². The predicted molar refractivity (Wildman–Crippen MR) is 73.2 cm³/mol. The number of hydrogen-bond donors (Lipinski definition) is 1. The summed E-state index contributed by atoms with van der Waals surface area (Å²) in [4.78, 5) is 0. The first-order valence-corrected chi connectivity index (χ1v) is 7.05. The van der Waals surface area contributed by atoms with E-state index in [1.54, 1.807) is 0 Å². The summed E-state index contributed by atoms with van der Waals surface area (Å²) in [6.45, 7) is 13.3. The Balaban J connectivity index is 1.73. The summed E-state index contributed by atoms with van der Waals surface area (Å²) in [6, 6.07) is 0. The van der Waals surface area contributed by atoms with Crippen LogP contribution in [0.1, 0.15) is 46.5 Å². The van der Waals surface area contributed by atoms with Gasteiger partial charge in [-0.15, -0.1) is 0 Å². The Morgan fingerprint density at radius 3 is 2.72 bits per heavy atom. The first kappa shape index (κ1) is 13.9. The molecular formula is C15H27NO2. The normalized spacial score (nSPS) is 35.5. The van der Waals surface area contributed by atoms with E-state index >= 15 is 0 Å². The van der Waals surface area contributed by atoms with E-state index in [2.05, 4.69) is 32.7 Å². The molecule has 1 heterocycles. The summed E-state index contributed by atoms with van der Waals surface area (Å²) in [5.74, 6) is 0.742. The van der Waals surface area contributed by atoms with Crippen LogP contribution in [0.15, 0.2) is 12.3 Å². The van der Waals surface area contributed by atoms with Crippen LogP contribution in [-0.2, 0) is 9.47 Å². The van der Waals surface area contributed by atoms with Crippen LogP contribution >= 0.6 is 0 Å². The molecule has 0 spiro atoms. The zero-order valence-electron chi connectivity index (χ0n) is 12.1. The van der Waals surface area contributed by atoms with Gasteiger partial charge in [0.25, 0.3) is 0 Å². The van der Waals surface area contributed by atoms with Crippen LogP contribution in [0, 0.1) is 10.8 Å². The number of rotatable bonds is 4. The van der Waals surface area contributed by atoms with E-state index in [0.29, 0.717) is 17.4 Å². The van der Waals surface area contributed by atoms with Gasteiger partial charge in [0, 0.05) is 6.54 Å². The Hall–Kier alpha value is -0.540. The molecule has 1 saturated carbocycles. The molecule has 3 heteroatoms. The molecule has 104 valence electrons. The highest BCUT2D eigenvalue weighted by Crippen LogP contribution is 2.45. The molecule has 1 N–H and O–H groups in total. The molecule has 18 heavy (non-hydrogen) atoms. The van der Waals surface area contributed by atoms with Gasteiger partial charge in [-0.05, 0) is 30.1 Å². The second-order valence-electron chi connectivity index (χ2n) is 7.03. The maximum Gasteiger partial charge on any atom is 0.212 e. The van der Waals surface area contributed by atoms with Crippen LogP contribution in [-0.4, -0.2) is 26.0 Å². The highest BCUT2D eigenvalue weighted by atomic mass is 16.7. The summed E-state index contributed by atoms with van der Waals surface area (Å²) >= 11 is 0. The number of hydrogen-bond acceptors (Lipinski definition) is 3. The molecule has 1 saturated heterocycles. The maximum absolute atomic E-state index is 5.45. The summed E-state index contributed by atoms with van der Waals surface area (Å²) < 4.78 is 10.9. The van der Waals surface area contributed by atoms with Gasteiger partial charge >= 0.3 is 0 Å².